The first-order valence-corrected chi connectivity index (χ1v) is 9.00. The van der Waals surface area contributed by atoms with Gasteiger partial charge in [0.05, 0.1) is 18.2 Å². The van der Waals surface area contributed by atoms with E-state index in [1.165, 1.54) is 6.07 Å². The van der Waals surface area contributed by atoms with Crippen molar-refractivity contribution in [2.75, 3.05) is 19.8 Å². The first-order valence-electron chi connectivity index (χ1n) is 8.62. The van der Waals surface area contributed by atoms with Crippen molar-refractivity contribution in [2.45, 2.75) is 46.6 Å². The zero-order valence-corrected chi connectivity index (χ0v) is 16.0. The number of nitrogens with one attached hydrogen (secondary N) is 2. The molecular formula is C18H27ClN2O4. The number of likely N-dealkylation sites (N-methyl/N-ethyl adjacent to an activating group) is 1. The first-order chi connectivity index (χ1) is 11.9. The van der Waals surface area contributed by atoms with E-state index in [0.29, 0.717) is 41.8 Å². The summed E-state index contributed by atoms with van der Waals surface area (Å²) in [5.41, 5.74) is 0.312. The molecule has 0 radical (unpaired) electrons. The predicted molar refractivity (Wildman–Crippen MR) is 98.6 cm³/mol. The number of carbonyl (C=O) groups is 2. The van der Waals surface area contributed by atoms with Gasteiger partial charge in [-0.3, -0.25) is 9.59 Å². The van der Waals surface area contributed by atoms with Crippen LogP contribution >= 0.6 is 11.6 Å². The van der Waals surface area contributed by atoms with Gasteiger partial charge in [-0.25, -0.2) is 0 Å². The van der Waals surface area contributed by atoms with E-state index in [4.69, 9.17) is 21.1 Å². The van der Waals surface area contributed by atoms with Gasteiger partial charge in [-0.1, -0.05) is 24.9 Å². The second-order valence-corrected chi connectivity index (χ2v) is 5.92. The standard InChI is InChI=1S/C18H27ClN2O4/c1-5-8-9-25-16-14(19)10-13(11-15(16)24-7-3)18(23)21-12(4)17(22)20-6-2/h10-12H,5-9H2,1-4H3,(H,20,22)(H,21,23)/t12-/m1/s1. The Hall–Kier alpha value is -1.95. The molecule has 7 heteroatoms. The van der Waals surface area contributed by atoms with Crippen molar-refractivity contribution in [3.63, 3.8) is 0 Å². The molecule has 0 aliphatic heterocycles. The number of ether oxygens (including phenoxy) is 2. The Bertz CT molecular complexity index is 593. The number of rotatable bonds is 10. The van der Waals surface area contributed by atoms with E-state index in [1.807, 2.05) is 13.8 Å². The lowest BCUT2D eigenvalue weighted by atomic mass is 10.1. The van der Waals surface area contributed by atoms with Crippen LogP contribution in [-0.4, -0.2) is 37.6 Å². The smallest absolute Gasteiger partial charge is 0.252 e. The molecular weight excluding hydrogens is 344 g/mol. The van der Waals surface area contributed by atoms with Crippen molar-refractivity contribution in [1.29, 1.82) is 0 Å². The van der Waals surface area contributed by atoms with Crippen molar-refractivity contribution in [3.8, 4) is 11.5 Å². The summed E-state index contributed by atoms with van der Waals surface area (Å²) in [6, 6.07) is 2.45. The van der Waals surface area contributed by atoms with Crippen LogP contribution in [-0.2, 0) is 4.79 Å². The maximum Gasteiger partial charge on any atom is 0.252 e. The molecule has 2 N–H and O–H groups in total. The summed E-state index contributed by atoms with van der Waals surface area (Å²) in [5.74, 6) is 0.209. The third-order valence-corrected chi connectivity index (χ3v) is 3.69. The quantitative estimate of drug-likeness (QED) is 0.620. The second-order valence-electron chi connectivity index (χ2n) is 5.51. The number of unbranched alkanes of at least 4 members (excludes halogenated alkanes) is 1. The van der Waals surface area contributed by atoms with Crippen LogP contribution < -0.4 is 20.1 Å². The molecule has 2 amide bonds. The van der Waals surface area contributed by atoms with Crippen molar-refractivity contribution in [3.05, 3.63) is 22.7 Å². The molecule has 0 unspecified atom stereocenters. The van der Waals surface area contributed by atoms with E-state index < -0.39 is 11.9 Å². The highest BCUT2D eigenvalue weighted by Gasteiger charge is 2.19. The van der Waals surface area contributed by atoms with Crippen LogP contribution in [0.2, 0.25) is 5.02 Å². The summed E-state index contributed by atoms with van der Waals surface area (Å²) in [5, 5.41) is 5.61. The fourth-order valence-corrected chi connectivity index (χ4v) is 2.36. The normalized spacial score (nSPS) is 11.6. The molecule has 0 fully saturated rings. The largest absolute Gasteiger partial charge is 0.490 e. The maximum absolute atomic E-state index is 12.4. The minimum absolute atomic E-state index is 0.244. The monoisotopic (exact) mass is 370 g/mol. The van der Waals surface area contributed by atoms with Gasteiger partial charge in [-0.15, -0.1) is 0 Å². The van der Waals surface area contributed by atoms with E-state index in [1.54, 1.807) is 13.0 Å². The summed E-state index contributed by atoms with van der Waals surface area (Å²) < 4.78 is 11.3. The summed E-state index contributed by atoms with van der Waals surface area (Å²) in [6.45, 7) is 8.79. The van der Waals surface area contributed by atoms with E-state index >= 15 is 0 Å². The fourth-order valence-electron chi connectivity index (χ4n) is 2.09. The van der Waals surface area contributed by atoms with Gasteiger partial charge in [0.15, 0.2) is 11.5 Å². The Balaban J connectivity index is 2.96. The molecule has 25 heavy (non-hydrogen) atoms. The van der Waals surface area contributed by atoms with E-state index in [-0.39, 0.29) is 5.91 Å². The molecule has 1 aromatic rings. The minimum Gasteiger partial charge on any atom is -0.490 e. The van der Waals surface area contributed by atoms with Crippen LogP contribution in [0.4, 0.5) is 0 Å². The lowest BCUT2D eigenvalue weighted by Crippen LogP contribution is -2.44. The van der Waals surface area contributed by atoms with Crippen LogP contribution in [0.5, 0.6) is 11.5 Å². The Labute approximate surface area is 154 Å². The lowest BCUT2D eigenvalue weighted by molar-refractivity contribution is -0.122. The summed E-state index contributed by atoms with van der Waals surface area (Å²) >= 11 is 6.28. The molecule has 0 saturated heterocycles. The zero-order valence-electron chi connectivity index (χ0n) is 15.3. The highest BCUT2D eigenvalue weighted by Crippen LogP contribution is 2.36. The maximum atomic E-state index is 12.4. The molecule has 0 bridgehead atoms. The minimum atomic E-state index is -0.651. The number of carbonyl (C=O) groups excluding carboxylic acids is 2. The van der Waals surface area contributed by atoms with Crippen LogP contribution in [0.3, 0.4) is 0 Å². The first kappa shape index (κ1) is 21.1. The van der Waals surface area contributed by atoms with Crippen LogP contribution in [0, 0.1) is 0 Å². The lowest BCUT2D eigenvalue weighted by Gasteiger charge is -2.17. The van der Waals surface area contributed by atoms with Gasteiger partial charge in [0.2, 0.25) is 5.91 Å². The molecule has 0 spiro atoms. The Kier molecular flexibility index (Phi) is 9.13. The third kappa shape index (κ3) is 6.46. The number of halogens is 1. The van der Waals surface area contributed by atoms with Gasteiger partial charge < -0.3 is 20.1 Å². The highest BCUT2D eigenvalue weighted by molar-refractivity contribution is 6.32. The molecule has 0 heterocycles. The fraction of sp³-hybridized carbons (Fsp3) is 0.556. The molecule has 1 rings (SSSR count). The highest BCUT2D eigenvalue weighted by atomic mass is 35.5. The number of hydrogen-bond donors (Lipinski definition) is 2. The van der Waals surface area contributed by atoms with E-state index in [2.05, 4.69) is 17.6 Å². The molecule has 0 saturated carbocycles. The number of hydrogen-bond acceptors (Lipinski definition) is 4. The Morgan fingerprint density at radius 3 is 2.52 bits per heavy atom. The summed E-state index contributed by atoms with van der Waals surface area (Å²) in [6.07, 6.45) is 1.90. The summed E-state index contributed by atoms with van der Waals surface area (Å²) in [4.78, 5) is 24.1. The van der Waals surface area contributed by atoms with Crippen LogP contribution in [0.1, 0.15) is 50.9 Å². The van der Waals surface area contributed by atoms with Crippen molar-refractivity contribution >= 4 is 23.4 Å². The third-order valence-electron chi connectivity index (χ3n) is 3.41. The molecule has 1 aromatic carbocycles. The number of benzene rings is 1. The topological polar surface area (TPSA) is 76.7 Å². The molecule has 1 atom stereocenters. The predicted octanol–water partition coefficient (Wildman–Crippen LogP) is 3.17. The van der Waals surface area contributed by atoms with Gasteiger partial charge in [0.25, 0.3) is 5.91 Å². The van der Waals surface area contributed by atoms with Gasteiger partial charge in [-0.2, -0.15) is 0 Å². The van der Waals surface area contributed by atoms with Crippen molar-refractivity contribution < 1.29 is 19.1 Å². The number of amides is 2. The van der Waals surface area contributed by atoms with Crippen molar-refractivity contribution in [1.82, 2.24) is 10.6 Å². The average molecular weight is 371 g/mol. The molecule has 0 aromatic heterocycles. The Morgan fingerprint density at radius 2 is 1.92 bits per heavy atom. The van der Waals surface area contributed by atoms with Gasteiger partial charge >= 0.3 is 0 Å². The summed E-state index contributed by atoms with van der Waals surface area (Å²) in [7, 11) is 0. The van der Waals surface area contributed by atoms with Gasteiger partial charge in [-0.05, 0) is 39.3 Å². The average Bonchev–Trinajstić information content (AvgIpc) is 2.57. The van der Waals surface area contributed by atoms with E-state index in [0.717, 1.165) is 12.8 Å². The van der Waals surface area contributed by atoms with Gasteiger partial charge in [0.1, 0.15) is 6.04 Å². The van der Waals surface area contributed by atoms with E-state index in [9.17, 15) is 9.59 Å². The van der Waals surface area contributed by atoms with Crippen molar-refractivity contribution in [2.24, 2.45) is 0 Å². The SMILES string of the molecule is CCCCOc1c(Cl)cc(C(=O)N[C@H](C)C(=O)NCC)cc1OCC. The Morgan fingerprint density at radius 1 is 1.20 bits per heavy atom. The zero-order chi connectivity index (χ0) is 18.8. The molecule has 140 valence electrons. The second kappa shape index (κ2) is 10.8. The molecule has 0 aliphatic rings. The van der Waals surface area contributed by atoms with Gasteiger partial charge in [0, 0.05) is 12.1 Å². The van der Waals surface area contributed by atoms with Crippen LogP contribution in [0.15, 0.2) is 12.1 Å². The molecule has 6 nitrogen and oxygen atoms in total. The van der Waals surface area contributed by atoms with Crippen LogP contribution in [0.25, 0.3) is 0 Å². The molecule has 0 aliphatic carbocycles.